The molecule has 0 aliphatic heterocycles. The first-order valence-corrected chi connectivity index (χ1v) is 14.9. The van der Waals surface area contributed by atoms with Crippen LogP contribution in [0.1, 0.15) is 37.0 Å². The van der Waals surface area contributed by atoms with Gasteiger partial charge in [-0.05, 0) is 80.8 Å². The van der Waals surface area contributed by atoms with Gasteiger partial charge in [-0.3, -0.25) is 13.9 Å². The van der Waals surface area contributed by atoms with Crippen LogP contribution in [-0.4, -0.2) is 51.4 Å². The number of benzene rings is 3. The number of aryl methyl sites for hydroxylation is 2. The van der Waals surface area contributed by atoms with Crippen LogP contribution in [-0.2, 0) is 26.2 Å². The van der Waals surface area contributed by atoms with Crippen molar-refractivity contribution < 1.29 is 22.7 Å². The molecule has 0 fully saturated rings. The van der Waals surface area contributed by atoms with Gasteiger partial charge in [0, 0.05) is 18.1 Å². The van der Waals surface area contributed by atoms with Crippen molar-refractivity contribution in [1.29, 1.82) is 0 Å². The molecule has 1 N–H and O–H groups in total. The number of hydrogen-bond acceptors (Lipinski definition) is 5. The van der Waals surface area contributed by atoms with Crippen LogP contribution in [0.15, 0.2) is 71.6 Å². The predicted molar refractivity (Wildman–Crippen MR) is 158 cm³/mol. The Kier molecular flexibility index (Phi) is 10.6. The molecule has 0 spiro atoms. The number of methoxy groups -OCH3 is 1. The molecule has 0 saturated carbocycles. The van der Waals surface area contributed by atoms with Crippen LogP contribution >= 0.6 is 11.6 Å². The van der Waals surface area contributed by atoms with E-state index in [1.807, 2.05) is 13.8 Å². The number of nitrogens with zero attached hydrogens (tertiary/aromatic N) is 2. The quantitative estimate of drug-likeness (QED) is 0.319. The lowest BCUT2D eigenvalue weighted by Crippen LogP contribution is -2.51. The summed E-state index contributed by atoms with van der Waals surface area (Å²) >= 11 is 6.16. The Balaban J connectivity index is 2.04. The monoisotopic (exact) mass is 585 g/mol. The minimum Gasteiger partial charge on any atom is -0.497 e. The molecule has 8 nitrogen and oxygen atoms in total. The van der Waals surface area contributed by atoms with Crippen molar-refractivity contribution in [1.82, 2.24) is 10.2 Å². The molecule has 3 rings (SSSR count). The van der Waals surface area contributed by atoms with Gasteiger partial charge in [-0.1, -0.05) is 48.4 Å². The SMILES string of the molecule is CCCNC(=O)[C@H](C)N(Cc1ccc(OC)cc1)C(=O)CN(c1ccc(Cl)cc1C)S(=O)(=O)c1ccc(C)cc1. The molecule has 0 aliphatic carbocycles. The van der Waals surface area contributed by atoms with Gasteiger partial charge in [0.05, 0.1) is 17.7 Å². The molecule has 0 saturated heterocycles. The molecule has 0 aliphatic rings. The number of nitrogens with one attached hydrogen (secondary N) is 1. The zero-order chi connectivity index (χ0) is 29.4. The number of sulfonamides is 1. The van der Waals surface area contributed by atoms with Crippen molar-refractivity contribution in [2.45, 2.75) is 51.6 Å². The summed E-state index contributed by atoms with van der Waals surface area (Å²) in [4.78, 5) is 28.4. The topological polar surface area (TPSA) is 96.0 Å². The second kappa shape index (κ2) is 13.7. The Hall–Kier alpha value is -3.56. The second-order valence-electron chi connectivity index (χ2n) is 9.59. The molecule has 2 amide bonds. The fraction of sp³-hybridized carbons (Fsp3) is 0.333. The average molecular weight is 586 g/mol. The summed E-state index contributed by atoms with van der Waals surface area (Å²) in [7, 11) is -2.59. The van der Waals surface area contributed by atoms with Crippen LogP contribution in [0.25, 0.3) is 0 Å². The van der Waals surface area contributed by atoms with Gasteiger partial charge in [-0.25, -0.2) is 8.42 Å². The molecule has 3 aromatic rings. The van der Waals surface area contributed by atoms with E-state index in [9.17, 15) is 18.0 Å². The molecule has 40 heavy (non-hydrogen) atoms. The predicted octanol–water partition coefficient (Wildman–Crippen LogP) is 5.10. The van der Waals surface area contributed by atoms with Crippen molar-refractivity contribution in [3.8, 4) is 5.75 Å². The summed E-state index contributed by atoms with van der Waals surface area (Å²) in [5, 5.41) is 3.28. The highest BCUT2D eigenvalue weighted by Gasteiger charge is 2.33. The maximum absolute atomic E-state index is 14.0. The standard InChI is InChI=1S/C30H36ClN3O5S/c1-6-17-32-30(36)23(4)33(19-24-9-12-26(39-5)13-10-24)29(35)20-34(28-16-11-25(31)18-22(28)3)40(37,38)27-14-7-21(2)8-15-27/h7-16,18,23H,6,17,19-20H2,1-5H3,(H,32,36)/t23-/m0/s1. The second-order valence-corrected chi connectivity index (χ2v) is 11.9. The maximum atomic E-state index is 14.0. The molecule has 1 atom stereocenters. The van der Waals surface area contributed by atoms with Crippen molar-refractivity contribution >= 4 is 39.1 Å². The van der Waals surface area contributed by atoms with E-state index < -0.39 is 28.5 Å². The van der Waals surface area contributed by atoms with Crippen LogP contribution in [0, 0.1) is 13.8 Å². The van der Waals surface area contributed by atoms with Gasteiger partial charge >= 0.3 is 0 Å². The van der Waals surface area contributed by atoms with Crippen LogP contribution in [0.4, 0.5) is 5.69 Å². The number of anilines is 1. The fourth-order valence-electron chi connectivity index (χ4n) is 4.16. The Bertz CT molecular complexity index is 1430. The Morgan fingerprint density at radius 1 is 1.00 bits per heavy atom. The fourth-order valence-corrected chi connectivity index (χ4v) is 5.86. The average Bonchev–Trinajstić information content (AvgIpc) is 2.93. The van der Waals surface area contributed by atoms with Crippen molar-refractivity contribution in [3.05, 3.63) is 88.4 Å². The number of carbonyl (C=O) groups is 2. The van der Waals surface area contributed by atoms with Gasteiger partial charge in [0.25, 0.3) is 10.0 Å². The zero-order valence-corrected chi connectivity index (χ0v) is 25.1. The van der Waals surface area contributed by atoms with E-state index in [4.69, 9.17) is 16.3 Å². The summed E-state index contributed by atoms with van der Waals surface area (Å²) in [5.41, 5.74) is 2.58. The van der Waals surface area contributed by atoms with Crippen LogP contribution in [0.2, 0.25) is 5.02 Å². The van der Waals surface area contributed by atoms with Crippen LogP contribution in [0.5, 0.6) is 5.75 Å². The number of amides is 2. The lowest BCUT2D eigenvalue weighted by atomic mass is 10.1. The third-order valence-electron chi connectivity index (χ3n) is 6.54. The zero-order valence-electron chi connectivity index (χ0n) is 23.5. The first-order chi connectivity index (χ1) is 19.0. The van der Waals surface area contributed by atoms with Crippen molar-refractivity contribution in [2.75, 3.05) is 24.5 Å². The third kappa shape index (κ3) is 7.55. The van der Waals surface area contributed by atoms with Gasteiger partial charge in [0.15, 0.2) is 0 Å². The van der Waals surface area contributed by atoms with Gasteiger partial charge in [-0.2, -0.15) is 0 Å². The molecule has 214 valence electrons. The van der Waals surface area contributed by atoms with Crippen LogP contribution < -0.4 is 14.4 Å². The third-order valence-corrected chi connectivity index (χ3v) is 8.55. The lowest BCUT2D eigenvalue weighted by Gasteiger charge is -2.32. The number of halogens is 1. The molecule has 10 heteroatoms. The normalized spacial score (nSPS) is 11.9. The summed E-state index contributed by atoms with van der Waals surface area (Å²) in [5.74, 6) is -0.191. The Labute approximate surface area is 241 Å². The summed E-state index contributed by atoms with van der Waals surface area (Å²) in [6, 6.07) is 17.6. The summed E-state index contributed by atoms with van der Waals surface area (Å²) < 4.78 is 34.2. The van der Waals surface area contributed by atoms with Crippen molar-refractivity contribution in [3.63, 3.8) is 0 Å². The summed E-state index contributed by atoms with van der Waals surface area (Å²) in [6.07, 6.45) is 0.739. The summed E-state index contributed by atoms with van der Waals surface area (Å²) in [6.45, 7) is 7.22. The van der Waals surface area contributed by atoms with E-state index >= 15 is 0 Å². The van der Waals surface area contributed by atoms with Crippen LogP contribution in [0.3, 0.4) is 0 Å². The molecular formula is C30H36ClN3O5S. The molecule has 0 radical (unpaired) electrons. The van der Waals surface area contributed by atoms with Gasteiger partial charge in [-0.15, -0.1) is 0 Å². The largest absolute Gasteiger partial charge is 0.497 e. The first-order valence-electron chi connectivity index (χ1n) is 13.0. The molecule has 0 aromatic heterocycles. The van der Waals surface area contributed by atoms with Gasteiger partial charge in [0.2, 0.25) is 11.8 Å². The molecule has 3 aromatic carbocycles. The molecular weight excluding hydrogens is 550 g/mol. The van der Waals surface area contributed by atoms with E-state index in [0.29, 0.717) is 28.6 Å². The number of ether oxygens (including phenoxy) is 1. The molecule has 0 bridgehead atoms. The highest BCUT2D eigenvalue weighted by atomic mass is 35.5. The highest BCUT2D eigenvalue weighted by molar-refractivity contribution is 7.92. The number of rotatable bonds is 12. The van der Waals surface area contributed by atoms with E-state index in [0.717, 1.165) is 21.9 Å². The Morgan fingerprint density at radius 3 is 2.23 bits per heavy atom. The first kappa shape index (κ1) is 31.0. The highest BCUT2D eigenvalue weighted by Crippen LogP contribution is 2.29. The van der Waals surface area contributed by atoms with E-state index in [1.165, 1.54) is 17.0 Å². The number of carbonyl (C=O) groups excluding carboxylic acids is 2. The smallest absolute Gasteiger partial charge is 0.264 e. The van der Waals surface area contributed by atoms with Crippen molar-refractivity contribution in [2.24, 2.45) is 0 Å². The number of hydrogen-bond donors (Lipinski definition) is 1. The molecule has 0 unspecified atom stereocenters. The van der Waals surface area contributed by atoms with Gasteiger partial charge < -0.3 is 15.0 Å². The Morgan fingerprint density at radius 2 is 1.65 bits per heavy atom. The lowest BCUT2D eigenvalue weighted by molar-refractivity contribution is -0.139. The molecule has 0 heterocycles. The minimum atomic E-state index is -4.15. The maximum Gasteiger partial charge on any atom is 0.264 e. The minimum absolute atomic E-state index is 0.0516. The van der Waals surface area contributed by atoms with E-state index in [-0.39, 0.29) is 17.3 Å². The van der Waals surface area contributed by atoms with E-state index in [2.05, 4.69) is 5.32 Å². The van der Waals surface area contributed by atoms with E-state index in [1.54, 1.807) is 75.6 Å². The van der Waals surface area contributed by atoms with Gasteiger partial charge in [0.1, 0.15) is 18.3 Å².